The molecule has 0 bridgehead atoms. The summed E-state index contributed by atoms with van der Waals surface area (Å²) in [5, 5.41) is 15.4. The smallest absolute Gasteiger partial charge is 0.459 e. The second kappa shape index (κ2) is 45.8. The highest BCUT2D eigenvalue weighted by Crippen LogP contribution is 2.48. The van der Waals surface area contributed by atoms with E-state index in [0.717, 1.165) is 45.7 Å². The molecule has 2 heterocycles. The molecule has 14 atom stereocenters. The molecule has 37 heteroatoms. The van der Waals surface area contributed by atoms with Gasteiger partial charge in [-0.2, -0.15) is 0 Å². The number of primary amides is 1. The lowest BCUT2D eigenvalue weighted by molar-refractivity contribution is -0.177. The third kappa shape index (κ3) is 29.6. The number of esters is 3. The van der Waals surface area contributed by atoms with Gasteiger partial charge in [0.15, 0.2) is 24.0 Å². The molecule has 2 aromatic carbocycles. The molecule has 36 nitrogen and oxygen atoms in total. The Hall–Kier alpha value is -10.1. The van der Waals surface area contributed by atoms with Crippen molar-refractivity contribution < 1.29 is 119 Å². The predicted molar refractivity (Wildman–Crippen MR) is 415 cm³/mol. The van der Waals surface area contributed by atoms with Crippen molar-refractivity contribution in [2.24, 2.45) is 41.2 Å². The van der Waals surface area contributed by atoms with Crippen molar-refractivity contribution in [2.45, 2.75) is 208 Å². The van der Waals surface area contributed by atoms with Gasteiger partial charge in [0.25, 0.3) is 23.6 Å². The van der Waals surface area contributed by atoms with Crippen LogP contribution < -0.4 is 37.6 Å². The first-order valence-electron chi connectivity index (χ1n) is 38.0. The maximum absolute atomic E-state index is 15.7. The van der Waals surface area contributed by atoms with Crippen LogP contribution in [0, 0.1) is 35.5 Å². The number of carbonyl (C=O) groups excluding carboxylic acids is 16. The van der Waals surface area contributed by atoms with Crippen LogP contribution in [-0.2, 0) is 122 Å². The van der Waals surface area contributed by atoms with Gasteiger partial charge in [-0.1, -0.05) is 111 Å². The van der Waals surface area contributed by atoms with Crippen molar-refractivity contribution in [2.75, 3.05) is 59.9 Å². The Labute approximate surface area is 670 Å². The van der Waals surface area contributed by atoms with Crippen LogP contribution in [0.1, 0.15) is 140 Å². The van der Waals surface area contributed by atoms with Gasteiger partial charge in [0, 0.05) is 97.6 Å². The van der Waals surface area contributed by atoms with E-state index in [1.807, 2.05) is 0 Å². The number of cyclic esters (lactones) is 2. The maximum atomic E-state index is 15.7. The molecule has 2 aromatic rings. The minimum absolute atomic E-state index is 0.0249. The van der Waals surface area contributed by atoms with Crippen LogP contribution in [0.2, 0.25) is 0 Å². The normalized spacial score (nSPS) is 21.4. The predicted octanol–water partition coefficient (Wildman–Crippen LogP) is 3.24. The summed E-state index contributed by atoms with van der Waals surface area (Å²) < 4.78 is 54.9. The molecular weight excluding hydrogens is 1520 g/mol. The number of likely N-dealkylation sites (N-methyl/N-ethyl adjacent to an activating group) is 3. The number of phosphoric acid groups is 1. The Balaban J connectivity index is 1.69. The number of rotatable bonds is 37. The fraction of sp³-hybridized carbons (Fsp3) is 0.590. The Morgan fingerprint density at radius 2 is 1.38 bits per heavy atom. The van der Waals surface area contributed by atoms with Gasteiger partial charge in [-0.25, -0.2) is 18.9 Å². The maximum Gasteiger partial charge on any atom is 0.472 e. The number of ether oxygens (including phenoxy) is 5. The molecule has 4 rings (SSSR count). The van der Waals surface area contributed by atoms with Crippen molar-refractivity contribution in [3.63, 3.8) is 0 Å². The summed E-state index contributed by atoms with van der Waals surface area (Å²) in [6, 6.07) is 3.39. The lowest BCUT2D eigenvalue weighted by Gasteiger charge is -2.39. The number of imide groups is 1. The first kappa shape index (κ1) is 97.2. The highest BCUT2D eigenvalue weighted by atomic mass is 31.2. The summed E-state index contributed by atoms with van der Waals surface area (Å²) in [5.74, 6) is -19.0. The number of nitrogens with zero attached hydrogens (tertiary/aromatic N) is 4. The van der Waals surface area contributed by atoms with Crippen LogP contribution in [-0.4, -0.2) is 240 Å². The average molecular weight is 1640 g/mol. The zero-order valence-corrected chi connectivity index (χ0v) is 69.3. The van der Waals surface area contributed by atoms with Crippen molar-refractivity contribution in [1.29, 1.82) is 0 Å². The van der Waals surface area contributed by atoms with E-state index in [1.54, 1.807) is 44.2 Å². The molecule has 0 spiro atoms. The monoisotopic (exact) mass is 1640 g/mol. The van der Waals surface area contributed by atoms with Crippen LogP contribution in [0.3, 0.4) is 0 Å². The molecule has 12 amide bonds. The SMILES string of the molecule is C=C1C(=O)N[C@@H](C)C(=O)N(C)[C@@H](C)C(=O)N[C@@H]([C@H](OC(=O)[C@@H](CC(=O)CC)[C@H](OP(=O)(O)OCc2ccc(NC(=O)[C@H](CCCNC(N)=O)CC(=O)[C@@H](NC(=O)CCOCCN3C(=O)C=CC3=O)C(C)C)cc2)C(C)C)C(C)C)C(=O)N(C)[C@@H]([C@@H](C)OC)C(=O)O[C@H](C(C)C)[C@H](NC(C)=O)C(=O)O[C@H](Cc2ccccc2)C(=O)N1C. The third-order valence-electron chi connectivity index (χ3n) is 19.4. The van der Waals surface area contributed by atoms with Gasteiger partial charge in [0.1, 0.15) is 41.8 Å². The fourth-order valence-electron chi connectivity index (χ4n) is 12.4. The molecule has 1 unspecified atom stereocenters. The quantitative estimate of drug-likeness (QED) is 0.0120. The largest absolute Gasteiger partial charge is 0.472 e. The number of nitrogens with one attached hydrogen (secondary N) is 6. The summed E-state index contributed by atoms with van der Waals surface area (Å²) in [4.78, 5) is 236. The molecular formula is C78H114N11O25P. The number of amides is 12. The Morgan fingerprint density at radius 1 is 0.757 bits per heavy atom. The molecule has 1 saturated heterocycles. The van der Waals surface area contributed by atoms with Gasteiger partial charge >= 0.3 is 31.8 Å². The second-order valence-electron chi connectivity index (χ2n) is 29.6. The standard InChI is InChI=1S/C78H114N11O25P/c1-19-55(91)40-56(66(43(4)5)114-115(106,107)110-41-52-27-29-54(30-28-52)83-71(98)53(26-23-34-80-78(79)105)39-57(92)62(42(2)3)84-59(93)33-36-109-37-35-89-60(94)31-32-61(89)95)75(102)112-67(44(6)7)63-74(101)88(17)65(49(13)108-18)77(104)113-68(45(8)9)64(82-50(14)90)76(103)111-58(38-51-24-21-20-22-25-51)73(100)87(16)47(11)69(96)81-46(10)72(99)86(15)48(12)70(97)85-63/h20-22,24-25,27-32,42-46,48-49,53,56,58,62-68H,11,19,23,26,33-41H2,1-10,12-18H3,(H,81,96)(H,82,90)(H,83,98)(H,84,93)(H,85,97)(H,106,107)(H3,79,80,105)/t46-,48-,49+,53+,56-,58+,62-,63-,64-,65-,66+,67+,68+/m0/s1. The van der Waals surface area contributed by atoms with Crippen molar-refractivity contribution in [3.05, 3.63) is 90.2 Å². The molecule has 0 aliphatic carbocycles. The molecule has 2 aliphatic rings. The van der Waals surface area contributed by atoms with Crippen LogP contribution >= 0.6 is 7.82 Å². The number of nitrogens with two attached hydrogens (primary N) is 1. The van der Waals surface area contributed by atoms with Gasteiger partial charge < -0.3 is 80.9 Å². The average Bonchev–Trinajstić information content (AvgIpc) is 1.20. The number of hydrogen-bond acceptors (Lipinski definition) is 24. The Bertz CT molecular complexity index is 3880. The number of anilines is 1. The number of hydrogen-bond donors (Lipinski definition) is 8. The number of carbonyl (C=O) groups is 16. The summed E-state index contributed by atoms with van der Waals surface area (Å²) >= 11 is 0. The number of Topliss-reactive ketones (excluding diaryl/α,β-unsaturated/α-hetero) is 2. The topological polar surface area (TPSA) is 486 Å². The highest BCUT2D eigenvalue weighted by molar-refractivity contribution is 7.47. The molecule has 636 valence electrons. The van der Waals surface area contributed by atoms with Crippen molar-refractivity contribution in [3.8, 4) is 0 Å². The van der Waals surface area contributed by atoms with Gasteiger partial charge in [0.2, 0.25) is 35.4 Å². The first-order valence-corrected chi connectivity index (χ1v) is 39.5. The van der Waals surface area contributed by atoms with Crippen LogP contribution in [0.15, 0.2) is 79.0 Å². The van der Waals surface area contributed by atoms with E-state index in [1.165, 1.54) is 115 Å². The number of methoxy groups -OCH3 is 1. The summed E-state index contributed by atoms with van der Waals surface area (Å²) in [7, 11) is -0.611. The summed E-state index contributed by atoms with van der Waals surface area (Å²) in [5.41, 5.74) is 5.66. The summed E-state index contributed by atoms with van der Waals surface area (Å²) in [6.45, 7) is 22.0. The second-order valence-corrected chi connectivity index (χ2v) is 31.0. The van der Waals surface area contributed by atoms with Gasteiger partial charge in [-0.15, -0.1) is 0 Å². The number of benzene rings is 2. The Kier molecular flexibility index (Phi) is 38.7. The zero-order chi connectivity index (χ0) is 86.6. The first-order chi connectivity index (χ1) is 53.9. The van der Waals surface area contributed by atoms with E-state index in [9.17, 15) is 71.8 Å². The van der Waals surface area contributed by atoms with E-state index in [2.05, 4.69) is 38.5 Å². The lowest BCUT2D eigenvalue weighted by atomic mass is 9.88. The number of urea groups is 1. The van der Waals surface area contributed by atoms with Gasteiger partial charge in [0.05, 0.1) is 50.5 Å². The van der Waals surface area contributed by atoms with E-state index in [-0.39, 0.29) is 76.1 Å². The molecule has 115 heavy (non-hydrogen) atoms. The number of ketones is 2. The van der Waals surface area contributed by atoms with Crippen LogP contribution in [0.4, 0.5) is 10.5 Å². The molecule has 0 radical (unpaired) electrons. The molecule has 2 aliphatic heterocycles. The van der Waals surface area contributed by atoms with E-state index >= 15 is 14.4 Å². The van der Waals surface area contributed by atoms with E-state index in [0.29, 0.717) is 5.56 Å². The molecule has 9 N–H and O–H groups in total. The van der Waals surface area contributed by atoms with E-state index in [4.69, 9.17) is 38.5 Å². The minimum Gasteiger partial charge on any atom is -0.459 e. The van der Waals surface area contributed by atoms with Crippen molar-refractivity contribution in [1.82, 2.24) is 46.2 Å². The van der Waals surface area contributed by atoms with Crippen LogP contribution in [0.25, 0.3) is 0 Å². The van der Waals surface area contributed by atoms with Gasteiger partial charge in [-0.3, -0.25) is 76.3 Å². The summed E-state index contributed by atoms with van der Waals surface area (Å²) in [6.07, 6.45) is -7.31. The van der Waals surface area contributed by atoms with E-state index < -0.39 is 223 Å². The molecule has 0 aromatic heterocycles. The zero-order valence-electron chi connectivity index (χ0n) is 68.4. The Morgan fingerprint density at radius 3 is 1.94 bits per heavy atom. The third-order valence-corrected chi connectivity index (χ3v) is 20.3. The van der Waals surface area contributed by atoms with Crippen molar-refractivity contribution >= 4 is 108 Å². The highest BCUT2D eigenvalue weighted by Gasteiger charge is 2.48. The minimum atomic E-state index is -5.30. The lowest BCUT2D eigenvalue weighted by Crippen LogP contribution is -2.63. The number of phosphoric ester groups is 1. The fourth-order valence-corrected chi connectivity index (χ4v) is 13.5. The van der Waals surface area contributed by atoms with Crippen LogP contribution in [0.5, 0.6) is 0 Å². The molecule has 0 saturated carbocycles. The van der Waals surface area contributed by atoms with Gasteiger partial charge in [-0.05, 0) is 80.5 Å². The molecule has 1 fully saturated rings.